The predicted molar refractivity (Wildman–Crippen MR) is 58.8 cm³/mol. The Labute approximate surface area is 96.4 Å². The summed E-state index contributed by atoms with van der Waals surface area (Å²) >= 11 is 0. The van der Waals surface area contributed by atoms with Crippen molar-refractivity contribution in [2.24, 2.45) is 0 Å². The summed E-state index contributed by atoms with van der Waals surface area (Å²) in [6.45, 7) is 0.819. The molecule has 0 amide bonds. The summed E-state index contributed by atoms with van der Waals surface area (Å²) in [7, 11) is -1.93. The van der Waals surface area contributed by atoms with E-state index in [1.54, 1.807) is 0 Å². The molecule has 0 unspecified atom stereocenters. The Bertz CT molecular complexity index is 346. The first-order valence-electron chi connectivity index (χ1n) is 5.23. The van der Waals surface area contributed by atoms with Crippen LogP contribution in [-0.4, -0.2) is 45.6 Å². The lowest BCUT2D eigenvalue weighted by atomic mass is 10.4. The van der Waals surface area contributed by atoms with Crippen LogP contribution in [0.5, 0.6) is 0 Å². The van der Waals surface area contributed by atoms with Crippen LogP contribution < -0.4 is 4.72 Å². The molecule has 0 aromatic carbocycles. The molecule has 1 rings (SSSR count). The van der Waals surface area contributed by atoms with Crippen LogP contribution in [0.2, 0.25) is 0 Å². The molecule has 0 aromatic heterocycles. The van der Waals surface area contributed by atoms with Crippen molar-refractivity contribution >= 4 is 10.2 Å². The van der Waals surface area contributed by atoms with Gasteiger partial charge in [-0.05, 0) is 12.8 Å². The van der Waals surface area contributed by atoms with Gasteiger partial charge in [-0.15, -0.1) is 0 Å². The Hall–Kier alpha value is -0.680. The fourth-order valence-corrected chi connectivity index (χ4v) is 2.66. The number of hydrogen-bond donors (Lipinski definition) is 1. The average Bonchev–Trinajstić information content (AvgIpc) is 3.00. The summed E-state index contributed by atoms with van der Waals surface area (Å²) in [4.78, 5) is 0. The number of hydrogen-bond acceptors (Lipinski definition) is 4. The lowest BCUT2D eigenvalue weighted by Crippen LogP contribution is -2.43. The number of ether oxygens (including phenoxy) is 1. The minimum Gasteiger partial charge on any atom is -0.383 e. The molecule has 0 bridgehead atoms. The molecule has 1 fully saturated rings. The Morgan fingerprint density at radius 1 is 1.50 bits per heavy atom. The Morgan fingerprint density at radius 3 is 2.69 bits per heavy atom. The summed E-state index contributed by atoms with van der Waals surface area (Å²) in [6.07, 6.45) is 1.99. The van der Waals surface area contributed by atoms with Crippen LogP contribution in [-0.2, 0) is 14.9 Å². The van der Waals surface area contributed by atoms with Gasteiger partial charge in [0.2, 0.25) is 0 Å². The smallest absolute Gasteiger partial charge is 0.279 e. The Balaban J connectivity index is 2.53. The zero-order chi connectivity index (χ0) is 12.0. The van der Waals surface area contributed by atoms with E-state index < -0.39 is 10.2 Å². The number of methoxy groups -OCH3 is 1. The molecule has 0 aliphatic heterocycles. The third-order valence-corrected chi connectivity index (χ3v) is 3.93. The molecule has 1 aliphatic carbocycles. The first-order chi connectivity index (χ1) is 7.60. The van der Waals surface area contributed by atoms with Gasteiger partial charge in [-0.2, -0.15) is 22.7 Å². The van der Waals surface area contributed by atoms with Crippen LogP contribution in [0.25, 0.3) is 0 Å². The fourth-order valence-electron chi connectivity index (χ4n) is 1.21. The lowest BCUT2D eigenvalue weighted by molar-refractivity contribution is 0.179. The summed E-state index contributed by atoms with van der Waals surface area (Å²) in [6, 6.07) is 2.02. The van der Waals surface area contributed by atoms with E-state index in [9.17, 15) is 8.42 Å². The Morgan fingerprint density at radius 2 is 2.19 bits per heavy atom. The molecular formula is C9H17N3O3S. The normalized spacial score (nSPS) is 16.3. The van der Waals surface area contributed by atoms with E-state index in [0.29, 0.717) is 6.61 Å². The van der Waals surface area contributed by atoms with Gasteiger partial charge in [-0.25, -0.2) is 0 Å². The third-order valence-electron chi connectivity index (χ3n) is 2.25. The number of rotatable bonds is 8. The van der Waals surface area contributed by atoms with Gasteiger partial charge < -0.3 is 4.74 Å². The number of nitrogens with one attached hydrogen (secondary N) is 1. The van der Waals surface area contributed by atoms with Crippen molar-refractivity contribution in [3.63, 3.8) is 0 Å². The number of nitriles is 1. The highest BCUT2D eigenvalue weighted by Gasteiger charge is 2.30. The van der Waals surface area contributed by atoms with Crippen molar-refractivity contribution in [2.75, 3.05) is 26.8 Å². The lowest BCUT2D eigenvalue weighted by Gasteiger charge is -2.20. The molecule has 92 valence electrons. The van der Waals surface area contributed by atoms with Gasteiger partial charge in [0.05, 0.1) is 12.7 Å². The Kier molecular flexibility index (Phi) is 5.15. The average molecular weight is 247 g/mol. The highest BCUT2D eigenvalue weighted by atomic mass is 32.2. The van der Waals surface area contributed by atoms with Gasteiger partial charge in [-0.3, -0.25) is 0 Å². The van der Waals surface area contributed by atoms with Crippen LogP contribution >= 0.6 is 0 Å². The van der Waals surface area contributed by atoms with Crippen LogP contribution in [0.3, 0.4) is 0 Å². The van der Waals surface area contributed by atoms with E-state index in [1.165, 1.54) is 11.4 Å². The molecule has 7 heteroatoms. The quantitative estimate of drug-likeness (QED) is 0.646. The molecule has 0 heterocycles. The standard InChI is InChI=1S/C9H17N3O3S/c1-15-8-7-12(6-2-5-10)16(13,14)11-9-3-4-9/h9,11H,2-4,6-8H2,1H3. The van der Waals surface area contributed by atoms with Crippen molar-refractivity contribution in [1.29, 1.82) is 5.26 Å². The van der Waals surface area contributed by atoms with Gasteiger partial charge >= 0.3 is 0 Å². The maximum atomic E-state index is 11.8. The maximum absolute atomic E-state index is 11.8. The topological polar surface area (TPSA) is 82.4 Å². The van der Waals surface area contributed by atoms with Crippen LogP contribution in [0.15, 0.2) is 0 Å². The van der Waals surface area contributed by atoms with Crippen molar-refractivity contribution in [3.8, 4) is 6.07 Å². The summed E-state index contributed by atoms with van der Waals surface area (Å²) < 4.78 is 32.4. The summed E-state index contributed by atoms with van der Waals surface area (Å²) in [5.74, 6) is 0. The van der Waals surface area contributed by atoms with Crippen molar-refractivity contribution < 1.29 is 13.2 Å². The zero-order valence-electron chi connectivity index (χ0n) is 9.35. The fraction of sp³-hybridized carbons (Fsp3) is 0.889. The molecule has 6 nitrogen and oxygen atoms in total. The van der Waals surface area contributed by atoms with Gasteiger partial charge in [0.1, 0.15) is 0 Å². The van der Waals surface area contributed by atoms with Gasteiger partial charge in [0.15, 0.2) is 0 Å². The molecule has 1 N–H and O–H groups in total. The molecule has 16 heavy (non-hydrogen) atoms. The minimum absolute atomic E-state index is 0.0807. The molecule has 1 saturated carbocycles. The highest BCUT2D eigenvalue weighted by molar-refractivity contribution is 7.87. The largest absolute Gasteiger partial charge is 0.383 e. The summed E-state index contributed by atoms with van der Waals surface area (Å²) in [5, 5.41) is 8.48. The molecule has 0 atom stereocenters. The molecule has 0 spiro atoms. The van der Waals surface area contributed by atoms with Gasteiger partial charge in [-0.1, -0.05) is 0 Å². The van der Waals surface area contributed by atoms with Gasteiger partial charge in [0, 0.05) is 32.7 Å². The maximum Gasteiger partial charge on any atom is 0.279 e. The number of nitrogens with zero attached hydrogens (tertiary/aromatic N) is 2. The van der Waals surface area contributed by atoms with Gasteiger partial charge in [0.25, 0.3) is 10.2 Å². The van der Waals surface area contributed by atoms with Crippen molar-refractivity contribution in [3.05, 3.63) is 0 Å². The van der Waals surface area contributed by atoms with Crippen LogP contribution in [0.1, 0.15) is 19.3 Å². The summed E-state index contributed by atoms with van der Waals surface area (Å²) in [5.41, 5.74) is 0. The minimum atomic E-state index is -3.45. The first-order valence-corrected chi connectivity index (χ1v) is 6.67. The van der Waals surface area contributed by atoms with E-state index >= 15 is 0 Å². The second-order valence-corrected chi connectivity index (χ2v) is 5.40. The monoisotopic (exact) mass is 247 g/mol. The van der Waals surface area contributed by atoms with Crippen molar-refractivity contribution in [2.45, 2.75) is 25.3 Å². The molecule has 0 radical (unpaired) electrons. The van der Waals surface area contributed by atoms with E-state index in [0.717, 1.165) is 12.8 Å². The van der Waals surface area contributed by atoms with E-state index in [-0.39, 0.29) is 25.6 Å². The molecule has 1 aliphatic rings. The first kappa shape index (κ1) is 13.4. The molecular weight excluding hydrogens is 230 g/mol. The predicted octanol–water partition coefficient (Wildman–Crippen LogP) is -0.155. The SMILES string of the molecule is COCCN(CCC#N)S(=O)(=O)NC1CC1. The zero-order valence-corrected chi connectivity index (χ0v) is 10.2. The second kappa shape index (κ2) is 6.15. The van der Waals surface area contributed by atoms with Crippen LogP contribution in [0.4, 0.5) is 0 Å². The van der Waals surface area contributed by atoms with Crippen molar-refractivity contribution in [1.82, 2.24) is 9.03 Å². The van der Waals surface area contributed by atoms with Crippen LogP contribution in [0, 0.1) is 11.3 Å². The molecule has 0 saturated heterocycles. The van der Waals surface area contributed by atoms with E-state index in [2.05, 4.69) is 4.72 Å². The third kappa shape index (κ3) is 4.45. The highest BCUT2D eigenvalue weighted by Crippen LogP contribution is 2.20. The van der Waals surface area contributed by atoms with E-state index in [4.69, 9.17) is 10.00 Å². The van der Waals surface area contributed by atoms with E-state index in [1.807, 2.05) is 6.07 Å². The second-order valence-electron chi connectivity index (χ2n) is 3.70. The molecule has 0 aromatic rings.